The van der Waals surface area contributed by atoms with Crippen LogP contribution in [-0.2, 0) is 4.79 Å². The Labute approximate surface area is 161 Å². The third-order valence-electron chi connectivity index (χ3n) is 4.10. The van der Waals surface area contributed by atoms with Crippen LogP contribution in [0.1, 0.15) is 28.5 Å². The van der Waals surface area contributed by atoms with Crippen LogP contribution < -0.4 is 10.1 Å². The summed E-state index contributed by atoms with van der Waals surface area (Å²) < 4.78 is 6.39. The van der Waals surface area contributed by atoms with Crippen LogP contribution in [-0.4, -0.2) is 39.0 Å². The molecule has 3 aromatic rings. The number of benzene rings is 2. The van der Waals surface area contributed by atoms with Gasteiger partial charge in [-0.2, -0.15) is 5.10 Å². The largest absolute Gasteiger partial charge is 0.497 e. The predicted octanol–water partition coefficient (Wildman–Crippen LogP) is 2.53. The zero-order chi connectivity index (χ0) is 20.1. The van der Waals surface area contributed by atoms with Gasteiger partial charge in [-0.25, -0.2) is 4.68 Å². The normalized spacial score (nSPS) is 11.6. The summed E-state index contributed by atoms with van der Waals surface area (Å²) in [7, 11) is 1.50. The first-order valence-corrected chi connectivity index (χ1v) is 8.49. The highest BCUT2D eigenvalue weighted by Gasteiger charge is 2.22. The molecule has 0 aliphatic rings. The Hall–Kier alpha value is -3.81. The molecule has 144 valence electrons. The van der Waals surface area contributed by atoms with E-state index in [4.69, 9.17) is 4.74 Å². The number of carboxylic acid groups (broad SMARTS) is 1. The third-order valence-corrected chi connectivity index (χ3v) is 4.10. The number of aromatic hydroxyl groups is 1. The fraction of sp³-hybridized carbons (Fsp3) is 0.150. The van der Waals surface area contributed by atoms with Gasteiger partial charge in [0.25, 0.3) is 5.91 Å². The van der Waals surface area contributed by atoms with Crippen molar-refractivity contribution in [3.05, 3.63) is 71.9 Å². The molecule has 0 saturated carbocycles. The summed E-state index contributed by atoms with van der Waals surface area (Å²) in [5.74, 6) is -1.31. The van der Waals surface area contributed by atoms with Crippen molar-refractivity contribution >= 4 is 11.9 Å². The average molecular weight is 381 g/mol. The van der Waals surface area contributed by atoms with E-state index < -0.39 is 17.9 Å². The number of carboxylic acids is 1. The second-order valence-corrected chi connectivity index (χ2v) is 6.04. The zero-order valence-corrected chi connectivity index (χ0v) is 15.1. The topological polar surface area (TPSA) is 114 Å². The number of methoxy groups -OCH3 is 1. The van der Waals surface area contributed by atoms with E-state index in [9.17, 15) is 19.8 Å². The number of rotatable bonds is 7. The summed E-state index contributed by atoms with van der Waals surface area (Å²) in [6.07, 6.45) is -0.315. The molecule has 8 nitrogen and oxygen atoms in total. The van der Waals surface area contributed by atoms with Crippen LogP contribution in [0.3, 0.4) is 0 Å². The highest BCUT2D eigenvalue weighted by molar-refractivity contribution is 5.93. The van der Waals surface area contributed by atoms with E-state index in [1.165, 1.54) is 17.9 Å². The molecule has 0 radical (unpaired) electrons. The van der Waals surface area contributed by atoms with Crippen LogP contribution in [0.25, 0.3) is 5.69 Å². The van der Waals surface area contributed by atoms with Gasteiger partial charge < -0.3 is 20.3 Å². The fourth-order valence-corrected chi connectivity index (χ4v) is 2.76. The molecule has 1 heterocycles. The van der Waals surface area contributed by atoms with Crippen LogP contribution in [0.4, 0.5) is 0 Å². The number of aromatic nitrogens is 2. The van der Waals surface area contributed by atoms with Crippen LogP contribution in [0.15, 0.2) is 60.7 Å². The van der Waals surface area contributed by atoms with E-state index in [1.54, 1.807) is 48.5 Å². The van der Waals surface area contributed by atoms with Gasteiger partial charge in [0.15, 0.2) is 5.69 Å². The summed E-state index contributed by atoms with van der Waals surface area (Å²) in [6.45, 7) is 0. The van der Waals surface area contributed by atoms with Crippen LogP contribution in [0, 0.1) is 0 Å². The maximum Gasteiger partial charge on any atom is 0.305 e. The highest BCUT2D eigenvalue weighted by atomic mass is 16.5. The Morgan fingerprint density at radius 1 is 1.14 bits per heavy atom. The van der Waals surface area contributed by atoms with Gasteiger partial charge in [0.1, 0.15) is 5.75 Å². The zero-order valence-electron chi connectivity index (χ0n) is 15.1. The molecule has 0 spiro atoms. The minimum Gasteiger partial charge on any atom is -0.497 e. The molecule has 0 saturated heterocycles. The van der Waals surface area contributed by atoms with Crippen molar-refractivity contribution in [3.63, 3.8) is 0 Å². The molecule has 3 N–H and O–H groups in total. The standard InChI is InChI=1S/C20H19N3O5/c1-28-15-9-5-6-13(10-15)16(12-19(25)26)21-20(27)17-11-18(24)23(22-17)14-7-3-2-4-8-14/h2-11,16,24H,12H2,1H3,(H,21,27)(H,25,26)/t16-/m0/s1. The lowest BCUT2D eigenvalue weighted by atomic mass is 10.0. The summed E-state index contributed by atoms with van der Waals surface area (Å²) >= 11 is 0. The van der Waals surface area contributed by atoms with Crippen molar-refractivity contribution in [2.24, 2.45) is 0 Å². The minimum absolute atomic E-state index is 0.0281. The molecule has 0 aliphatic heterocycles. The monoisotopic (exact) mass is 381 g/mol. The Bertz CT molecular complexity index is 985. The first-order valence-electron chi connectivity index (χ1n) is 8.49. The van der Waals surface area contributed by atoms with E-state index in [0.29, 0.717) is 17.0 Å². The smallest absolute Gasteiger partial charge is 0.305 e. The Balaban J connectivity index is 1.85. The molecular formula is C20H19N3O5. The van der Waals surface area contributed by atoms with Crippen LogP contribution in [0.5, 0.6) is 11.6 Å². The van der Waals surface area contributed by atoms with Crippen molar-refractivity contribution in [2.45, 2.75) is 12.5 Å². The number of hydrogen-bond donors (Lipinski definition) is 3. The van der Waals surface area contributed by atoms with Gasteiger partial charge in [-0.05, 0) is 29.8 Å². The highest BCUT2D eigenvalue weighted by Crippen LogP contribution is 2.23. The SMILES string of the molecule is COc1cccc([C@H](CC(=O)O)NC(=O)c2cc(O)n(-c3ccccc3)n2)c1. The maximum absolute atomic E-state index is 12.6. The van der Waals surface area contributed by atoms with Crippen LogP contribution in [0.2, 0.25) is 0 Å². The molecule has 1 atom stereocenters. The predicted molar refractivity (Wildman–Crippen MR) is 101 cm³/mol. The van der Waals surface area contributed by atoms with Crippen molar-refractivity contribution in [1.29, 1.82) is 0 Å². The summed E-state index contributed by atoms with van der Waals surface area (Å²) in [4.78, 5) is 23.9. The van der Waals surface area contributed by atoms with Crippen molar-refractivity contribution in [3.8, 4) is 17.3 Å². The van der Waals surface area contributed by atoms with Crippen molar-refractivity contribution < 1.29 is 24.5 Å². The van der Waals surface area contributed by atoms with E-state index in [0.717, 1.165) is 0 Å². The summed E-state index contributed by atoms with van der Waals surface area (Å²) in [6, 6.07) is 16.1. The molecule has 2 aromatic carbocycles. The molecule has 0 unspecified atom stereocenters. The van der Waals surface area contributed by atoms with Crippen LogP contribution >= 0.6 is 0 Å². The Morgan fingerprint density at radius 2 is 1.89 bits per heavy atom. The van der Waals surface area contributed by atoms with E-state index in [2.05, 4.69) is 10.4 Å². The molecule has 1 aromatic heterocycles. The number of amides is 1. The quantitative estimate of drug-likeness (QED) is 0.580. The summed E-state index contributed by atoms with van der Waals surface area (Å²) in [5, 5.41) is 26.1. The third kappa shape index (κ3) is 4.29. The molecule has 0 bridgehead atoms. The van der Waals surface area contributed by atoms with Crippen molar-refractivity contribution in [2.75, 3.05) is 7.11 Å². The number of carbonyl (C=O) groups is 2. The molecule has 28 heavy (non-hydrogen) atoms. The first-order chi connectivity index (χ1) is 13.5. The van der Waals surface area contributed by atoms with E-state index >= 15 is 0 Å². The average Bonchev–Trinajstić information content (AvgIpc) is 3.09. The lowest BCUT2D eigenvalue weighted by Crippen LogP contribution is -2.30. The van der Waals surface area contributed by atoms with Gasteiger partial charge in [-0.3, -0.25) is 9.59 Å². The molecule has 0 fully saturated rings. The van der Waals surface area contributed by atoms with Gasteiger partial charge in [0.2, 0.25) is 5.88 Å². The van der Waals surface area contributed by atoms with Gasteiger partial charge >= 0.3 is 5.97 Å². The number of aliphatic carboxylic acids is 1. The Morgan fingerprint density at radius 3 is 2.57 bits per heavy atom. The fourth-order valence-electron chi connectivity index (χ4n) is 2.76. The van der Waals surface area contributed by atoms with Gasteiger partial charge in [0, 0.05) is 6.07 Å². The molecule has 1 amide bonds. The lowest BCUT2D eigenvalue weighted by molar-refractivity contribution is -0.137. The summed E-state index contributed by atoms with van der Waals surface area (Å²) in [5.41, 5.74) is 1.15. The van der Waals surface area contributed by atoms with Crippen molar-refractivity contribution in [1.82, 2.24) is 15.1 Å². The molecule has 3 rings (SSSR count). The van der Waals surface area contributed by atoms with E-state index in [1.807, 2.05) is 6.07 Å². The van der Waals surface area contributed by atoms with Gasteiger partial charge in [-0.1, -0.05) is 30.3 Å². The lowest BCUT2D eigenvalue weighted by Gasteiger charge is -2.17. The number of nitrogens with zero attached hydrogens (tertiary/aromatic N) is 2. The molecular weight excluding hydrogens is 362 g/mol. The number of ether oxygens (including phenoxy) is 1. The number of nitrogens with one attached hydrogen (secondary N) is 1. The molecule has 8 heteroatoms. The Kier molecular flexibility index (Phi) is 5.59. The van der Waals surface area contributed by atoms with Gasteiger partial charge in [-0.15, -0.1) is 0 Å². The first kappa shape index (κ1) is 19.0. The number of hydrogen-bond acceptors (Lipinski definition) is 5. The second kappa shape index (κ2) is 8.26. The maximum atomic E-state index is 12.6. The minimum atomic E-state index is -1.06. The van der Waals surface area contributed by atoms with Gasteiger partial charge in [0.05, 0.1) is 25.3 Å². The number of para-hydroxylation sites is 1. The molecule has 0 aliphatic carbocycles. The van der Waals surface area contributed by atoms with E-state index in [-0.39, 0.29) is 18.0 Å². The number of carbonyl (C=O) groups excluding carboxylic acids is 1. The second-order valence-electron chi connectivity index (χ2n) is 6.04.